The molecule has 3 aromatic carbocycles. The SMILES string of the molecule is C=C(C)C(=O)OCCOCCNS(=O)(=O)c1ccc(C2=c3ccc(=C)cc3Oc3cc(N(CC)CC)ccc32)c(S(=O)(=O)O)c1. The van der Waals surface area contributed by atoms with Crippen molar-refractivity contribution < 1.29 is 40.4 Å². The first kappa shape index (κ1) is 33.9. The highest BCUT2D eigenvalue weighted by atomic mass is 32.2. The Balaban J connectivity index is 1.69. The van der Waals surface area contributed by atoms with E-state index in [9.17, 15) is 26.2 Å². The molecule has 45 heavy (non-hydrogen) atoms. The Morgan fingerprint density at radius 3 is 2.31 bits per heavy atom. The molecular weight excluding hydrogens is 620 g/mol. The number of hydrogen-bond donors (Lipinski definition) is 2. The Kier molecular flexibility index (Phi) is 10.5. The van der Waals surface area contributed by atoms with Crippen LogP contribution >= 0.6 is 0 Å². The number of nitrogens with one attached hydrogen (secondary N) is 1. The summed E-state index contributed by atoms with van der Waals surface area (Å²) >= 11 is 0. The Morgan fingerprint density at radius 1 is 0.933 bits per heavy atom. The van der Waals surface area contributed by atoms with Gasteiger partial charge in [-0.2, -0.15) is 8.42 Å². The number of ether oxygens (including phenoxy) is 3. The molecule has 0 radical (unpaired) electrons. The highest BCUT2D eigenvalue weighted by Crippen LogP contribution is 2.40. The lowest BCUT2D eigenvalue weighted by Gasteiger charge is -2.26. The molecule has 3 aromatic rings. The summed E-state index contributed by atoms with van der Waals surface area (Å²) in [4.78, 5) is 12.6. The molecule has 2 N–H and O–H groups in total. The van der Waals surface area contributed by atoms with Crippen molar-refractivity contribution in [3.63, 3.8) is 0 Å². The number of hydrogen-bond acceptors (Lipinski definition) is 9. The van der Waals surface area contributed by atoms with Crippen LogP contribution in [0.4, 0.5) is 5.69 Å². The minimum atomic E-state index is -4.90. The third-order valence-electron chi connectivity index (χ3n) is 7.06. The number of sulfonamides is 1. The maximum absolute atomic E-state index is 13.1. The topological polar surface area (TPSA) is 149 Å². The van der Waals surface area contributed by atoms with E-state index in [0.717, 1.165) is 24.8 Å². The second-order valence-corrected chi connectivity index (χ2v) is 13.4. The van der Waals surface area contributed by atoms with E-state index in [0.29, 0.717) is 33.1 Å². The summed E-state index contributed by atoms with van der Waals surface area (Å²) in [5, 5.41) is 1.23. The Hall–Kier alpha value is -4.01. The molecule has 1 aliphatic rings. The number of esters is 1. The van der Waals surface area contributed by atoms with E-state index in [-0.39, 0.29) is 42.4 Å². The molecule has 0 unspecified atom stereocenters. The van der Waals surface area contributed by atoms with Crippen LogP contribution in [0.1, 0.15) is 31.9 Å². The summed E-state index contributed by atoms with van der Waals surface area (Å²) in [6, 6.07) is 14.4. The standard InChI is InChI=1S/C32H36N2O9S2/c1-6-34(7-2)23-9-12-26-29(19-23)43-28-18-22(5)8-11-25(28)31(26)27-13-10-24(20-30(27)45(38,39)40)44(36,37)33-14-15-41-16-17-42-32(35)21(3)4/h8-13,18-20,33H,3,5-7,14-17H2,1-2,4H3,(H,38,39,40). The van der Waals surface area contributed by atoms with Crippen LogP contribution in [0.2, 0.25) is 0 Å². The molecular formula is C32H36N2O9S2. The third kappa shape index (κ3) is 7.81. The van der Waals surface area contributed by atoms with Crippen molar-refractivity contribution in [3.05, 3.63) is 88.3 Å². The summed E-state index contributed by atoms with van der Waals surface area (Å²) in [5.74, 6) is 0.358. The van der Waals surface area contributed by atoms with Gasteiger partial charge >= 0.3 is 5.97 Å². The summed E-state index contributed by atoms with van der Waals surface area (Å²) in [7, 11) is -9.11. The van der Waals surface area contributed by atoms with Crippen LogP contribution in [0.15, 0.2) is 76.5 Å². The Bertz CT molecular complexity index is 1950. The van der Waals surface area contributed by atoms with Crippen LogP contribution in [-0.4, -0.2) is 66.8 Å². The molecule has 4 rings (SSSR count). The Morgan fingerprint density at radius 2 is 1.64 bits per heavy atom. The van der Waals surface area contributed by atoms with Crippen LogP contribution < -0.4 is 24.8 Å². The van der Waals surface area contributed by atoms with Crippen molar-refractivity contribution in [1.82, 2.24) is 4.72 Å². The maximum Gasteiger partial charge on any atom is 0.333 e. The molecule has 0 bridgehead atoms. The molecule has 0 saturated carbocycles. The second kappa shape index (κ2) is 14.0. The zero-order valence-electron chi connectivity index (χ0n) is 25.3. The monoisotopic (exact) mass is 656 g/mol. The van der Waals surface area contributed by atoms with Crippen LogP contribution in [-0.2, 0) is 34.4 Å². The van der Waals surface area contributed by atoms with E-state index in [4.69, 9.17) is 14.2 Å². The van der Waals surface area contributed by atoms with Crippen LogP contribution in [0, 0.1) is 0 Å². The number of anilines is 1. The number of nitrogens with zero attached hydrogens (tertiary/aromatic N) is 1. The summed E-state index contributed by atoms with van der Waals surface area (Å²) in [5.41, 5.74) is 2.27. The van der Waals surface area contributed by atoms with Crippen LogP contribution in [0.3, 0.4) is 0 Å². The van der Waals surface area contributed by atoms with Crippen molar-refractivity contribution in [3.8, 4) is 11.5 Å². The third-order valence-corrected chi connectivity index (χ3v) is 9.41. The van der Waals surface area contributed by atoms with Gasteiger partial charge in [-0.1, -0.05) is 31.4 Å². The predicted molar refractivity (Wildman–Crippen MR) is 171 cm³/mol. The summed E-state index contributed by atoms with van der Waals surface area (Å²) in [6.07, 6.45) is 0. The van der Waals surface area contributed by atoms with Crippen molar-refractivity contribution in [2.24, 2.45) is 0 Å². The number of carbonyl (C=O) groups excluding carboxylic acids is 1. The fourth-order valence-corrected chi connectivity index (χ4v) is 6.68. The maximum atomic E-state index is 13.1. The quantitative estimate of drug-likeness (QED) is 0.0898. The molecule has 11 nitrogen and oxygen atoms in total. The normalized spacial score (nSPS) is 12.6. The minimum Gasteiger partial charge on any atom is -0.460 e. The van der Waals surface area contributed by atoms with E-state index in [1.54, 1.807) is 18.2 Å². The molecule has 0 spiro atoms. The van der Waals surface area contributed by atoms with Gasteiger partial charge in [0.2, 0.25) is 10.0 Å². The number of benzene rings is 3. The van der Waals surface area contributed by atoms with Crippen LogP contribution in [0.5, 0.6) is 11.5 Å². The van der Waals surface area contributed by atoms with E-state index in [1.807, 2.05) is 32.0 Å². The highest BCUT2D eigenvalue weighted by molar-refractivity contribution is 7.89. The lowest BCUT2D eigenvalue weighted by atomic mass is 9.92. The van der Waals surface area contributed by atoms with E-state index in [2.05, 4.69) is 22.8 Å². The second-order valence-electron chi connectivity index (χ2n) is 10.2. The average molecular weight is 657 g/mol. The molecule has 0 aromatic heterocycles. The fourth-order valence-electron chi connectivity index (χ4n) is 4.84. The molecule has 0 aliphatic carbocycles. The molecule has 240 valence electrons. The first-order valence-electron chi connectivity index (χ1n) is 14.2. The minimum absolute atomic E-state index is 0.0272. The van der Waals surface area contributed by atoms with Gasteiger partial charge in [-0.3, -0.25) is 4.55 Å². The van der Waals surface area contributed by atoms with E-state index < -0.39 is 31.0 Å². The van der Waals surface area contributed by atoms with Crippen molar-refractivity contribution in [2.45, 2.75) is 30.6 Å². The molecule has 13 heteroatoms. The van der Waals surface area contributed by atoms with Gasteiger partial charge in [0.1, 0.15) is 23.0 Å². The molecule has 0 saturated heterocycles. The molecule has 0 atom stereocenters. The van der Waals surface area contributed by atoms with Crippen LogP contribution in [0.25, 0.3) is 12.2 Å². The largest absolute Gasteiger partial charge is 0.460 e. The Labute approximate surface area is 263 Å². The van der Waals surface area contributed by atoms with Crippen molar-refractivity contribution >= 4 is 44.0 Å². The van der Waals surface area contributed by atoms with Crippen molar-refractivity contribution in [1.29, 1.82) is 0 Å². The lowest BCUT2D eigenvalue weighted by Crippen LogP contribution is -2.28. The molecule has 0 amide bonds. The van der Waals surface area contributed by atoms with Gasteiger partial charge in [0.15, 0.2) is 0 Å². The van der Waals surface area contributed by atoms with Gasteiger partial charge in [-0.05, 0) is 56.3 Å². The summed E-state index contributed by atoms with van der Waals surface area (Å²) < 4.78 is 80.8. The van der Waals surface area contributed by atoms with Crippen molar-refractivity contribution in [2.75, 3.05) is 44.4 Å². The summed E-state index contributed by atoms with van der Waals surface area (Å²) in [6.45, 7) is 14.4. The van der Waals surface area contributed by atoms with Gasteiger partial charge < -0.3 is 19.1 Å². The van der Waals surface area contributed by atoms with E-state index >= 15 is 0 Å². The van der Waals surface area contributed by atoms with Gasteiger partial charge in [0.05, 0.1) is 18.1 Å². The highest BCUT2D eigenvalue weighted by Gasteiger charge is 2.28. The lowest BCUT2D eigenvalue weighted by molar-refractivity contribution is -0.140. The first-order chi connectivity index (χ1) is 21.3. The number of rotatable bonds is 14. The van der Waals surface area contributed by atoms with Gasteiger partial charge in [0, 0.05) is 58.9 Å². The fraction of sp³-hybridized carbons (Fsp3) is 0.281. The zero-order valence-corrected chi connectivity index (χ0v) is 27.0. The average Bonchev–Trinajstić information content (AvgIpc) is 2.99. The smallest absolute Gasteiger partial charge is 0.333 e. The molecule has 1 heterocycles. The number of carbonyl (C=O) groups is 1. The van der Waals surface area contributed by atoms with Gasteiger partial charge in [-0.15, -0.1) is 0 Å². The van der Waals surface area contributed by atoms with E-state index in [1.165, 1.54) is 19.1 Å². The predicted octanol–water partition coefficient (Wildman–Crippen LogP) is 2.96. The molecule has 1 aliphatic heterocycles. The van der Waals surface area contributed by atoms with Gasteiger partial charge in [-0.25, -0.2) is 17.9 Å². The zero-order chi connectivity index (χ0) is 32.9. The molecule has 0 fully saturated rings. The van der Waals surface area contributed by atoms with Gasteiger partial charge in [0.25, 0.3) is 10.1 Å². The first-order valence-corrected chi connectivity index (χ1v) is 17.1. The number of fused-ring (bicyclic) bond motifs is 2.